The van der Waals surface area contributed by atoms with Gasteiger partial charge < -0.3 is 14.0 Å². The molecule has 3 nitrogen and oxygen atoms in total. The van der Waals surface area contributed by atoms with Gasteiger partial charge in [-0.3, -0.25) is 0 Å². The molecule has 25 heavy (non-hydrogen) atoms. The number of hydrogen-bond donors (Lipinski definition) is 0. The van der Waals surface area contributed by atoms with Gasteiger partial charge in [0, 0.05) is 5.30 Å². The van der Waals surface area contributed by atoms with Gasteiger partial charge in [-0.15, -0.1) is 0 Å². The molecular formula is C20H18LiO3P. The fraction of sp³-hybridized carbons (Fsp3) is 0.100. The van der Waals surface area contributed by atoms with E-state index in [2.05, 4.69) is 6.07 Å². The monoisotopic (exact) mass is 344 g/mol. The molecule has 0 saturated carbocycles. The van der Waals surface area contributed by atoms with Crippen molar-refractivity contribution in [3.05, 3.63) is 78.9 Å². The molecular weight excluding hydrogens is 326 g/mol. The van der Waals surface area contributed by atoms with Crippen LogP contribution in [0, 0.1) is 6.07 Å². The predicted molar refractivity (Wildman–Crippen MR) is 97.8 cm³/mol. The third-order valence-corrected chi connectivity index (χ3v) is 6.89. The first-order valence-corrected chi connectivity index (χ1v) is 9.26. The van der Waals surface area contributed by atoms with Gasteiger partial charge in [-0.05, 0) is 18.2 Å². The number of methoxy groups -OCH3 is 2. The topological polar surface area (TPSA) is 35.5 Å². The van der Waals surface area contributed by atoms with Crippen molar-refractivity contribution in [2.75, 3.05) is 14.2 Å². The van der Waals surface area contributed by atoms with Crippen LogP contribution < -0.4 is 44.2 Å². The molecule has 0 aromatic heterocycles. The summed E-state index contributed by atoms with van der Waals surface area (Å²) >= 11 is 0. The SMILES string of the molecule is COc1ccc(OC)c(P(=O)(c2[c-]cccc2)c2ccccc2)c1.[Li+]. The van der Waals surface area contributed by atoms with Gasteiger partial charge in [0.25, 0.3) is 0 Å². The van der Waals surface area contributed by atoms with Crippen molar-refractivity contribution >= 4 is 23.1 Å². The molecule has 0 radical (unpaired) electrons. The Hall–Kier alpha value is -1.91. The second-order valence-corrected chi connectivity index (χ2v) is 7.93. The number of hydrogen-bond acceptors (Lipinski definition) is 3. The molecule has 0 N–H and O–H groups in total. The molecule has 1 atom stereocenters. The van der Waals surface area contributed by atoms with E-state index in [1.54, 1.807) is 38.5 Å². The Morgan fingerprint density at radius 2 is 1.60 bits per heavy atom. The maximum Gasteiger partial charge on any atom is 1.00 e. The quantitative estimate of drug-likeness (QED) is 0.376. The standard InChI is InChI=1S/C20H18O3P.Li/c1-22-16-13-14-19(23-2)20(15-16)24(21,17-9-5-3-6-10-17)18-11-7-4-8-12-18;/h3-11,13-15H,1-2H3;/q-1;+1. The molecule has 0 aliphatic carbocycles. The maximum atomic E-state index is 14.3. The van der Waals surface area contributed by atoms with Gasteiger partial charge in [-0.25, -0.2) is 0 Å². The van der Waals surface area contributed by atoms with Gasteiger partial charge in [0.1, 0.15) is 11.5 Å². The van der Waals surface area contributed by atoms with Crippen molar-refractivity contribution < 1.29 is 32.9 Å². The molecule has 0 aliphatic heterocycles. The molecule has 3 aromatic rings. The van der Waals surface area contributed by atoms with E-state index >= 15 is 0 Å². The van der Waals surface area contributed by atoms with E-state index in [-0.39, 0.29) is 18.9 Å². The van der Waals surface area contributed by atoms with Crippen molar-refractivity contribution in [2.45, 2.75) is 0 Å². The Balaban J connectivity index is 0.00000225. The fourth-order valence-corrected chi connectivity index (χ4v) is 5.41. The largest absolute Gasteiger partial charge is 1.00 e. The number of rotatable bonds is 5. The first-order chi connectivity index (χ1) is 11.7. The van der Waals surface area contributed by atoms with Crippen LogP contribution in [-0.4, -0.2) is 14.2 Å². The smallest absolute Gasteiger partial charge is 0.497 e. The molecule has 0 aliphatic rings. The first-order valence-electron chi connectivity index (χ1n) is 7.55. The van der Waals surface area contributed by atoms with Crippen LogP contribution in [0.15, 0.2) is 72.8 Å². The van der Waals surface area contributed by atoms with E-state index in [0.717, 1.165) is 5.30 Å². The Bertz CT molecular complexity index is 823. The summed E-state index contributed by atoms with van der Waals surface area (Å²) in [6.07, 6.45) is 0. The minimum atomic E-state index is -3.13. The summed E-state index contributed by atoms with van der Waals surface area (Å²) in [7, 11) is 0.0384. The van der Waals surface area contributed by atoms with Crippen LogP contribution in [-0.2, 0) is 4.57 Å². The van der Waals surface area contributed by atoms with E-state index in [4.69, 9.17) is 9.47 Å². The van der Waals surface area contributed by atoms with Crippen molar-refractivity contribution in [3.63, 3.8) is 0 Å². The molecule has 3 rings (SSSR count). The van der Waals surface area contributed by atoms with Crippen molar-refractivity contribution in [1.29, 1.82) is 0 Å². The second kappa shape index (κ2) is 8.45. The zero-order chi connectivity index (χ0) is 17.0. The van der Waals surface area contributed by atoms with Crippen LogP contribution in [0.4, 0.5) is 0 Å². The number of benzene rings is 3. The minimum Gasteiger partial charge on any atom is -0.497 e. The summed E-state index contributed by atoms with van der Waals surface area (Å²) in [5, 5.41) is 1.99. The predicted octanol–water partition coefficient (Wildman–Crippen LogP) is 0.147. The molecule has 122 valence electrons. The summed E-state index contributed by atoms with van der Waals surface area (Å²) < 4.78 is 25.1. The molecule has 5 heteroatoms. The van der Waals surface area contributed by atoms with E-state index in [0.29, 0.717) is 22.1 Å². The molecule has 0 amide bonds. The normalized spacial score (nSPS) is 12.6. The second-order valence-electron chi connectivity index (χ2n) is 5.23. The van der Waals surface area contributed by atoms with Crippen molar-refractivity contribution in [2.24, 2.45) is 0 Å². The van der Waals surface area contributed by atoms with E-state index < -0.39 is 7.14 Å². The molecule has 0 fully saturated rings. The van der Waals surface area contributed by atoms with Crippen LogP contribution in [0.5, 0.6) is 11.5 Å². The maximum absolute atomic E-state index is 14.3. The Morgan fingerprint density at radius 3 is 2.20 bits per heavy atom. The van der Waals surface area contributed by atoms with Gasteiger partial charge >= 0.3 is 18.9 Å². The summed E-state index contributed by atoms with van der Waals surface area (Å²) in [6, 6.07) is 25.3. The van der Waals surface area contributed by atoms with Gasteiger partial charge in [0.2, 0.25) is 0 Å². The Morgan fingerprint density at radius 1 is 0.880 bits per heavy atom. The minimum absolute atomic E-state index is 0. The molecule has 0 saturated heterocycles. The first kappa shape index (κ1) is 19.4. The van der Waals surface area contributed by atoms with Crippen LogP contribution in [0.2, 0.25) is 0 Å². The average Bonchev–Trinajstić information content (AvgIpc) is 2.68. The molecule has 0 bridgehead atoms. The molecule has 0 heterocycles. The molecule has 1 unspecified atom stereocenters. The summed E-state index contributed by atoms with van der Waals surface area (Å²) in [6.45, 7) is 0. The van der Waals surface area contributed by atoms with Crippen molar-refractivity contribution in [3.8, 4) is 11.5 Å². The fourth-order valence-electron chi connectivity index (χ4n) is 2.67. The summed E-state index contributed by atoms with van der Waals surface area (Å²) in [5.41, 5.74) is 0. The zero-order valence-electron chi connectivity index (χ0n) is 14.6. The van der Waals surface area contributed by atoms with Crippen LogP contribution in [0.3, 0.4) is 0 Å². The van der Waals surface area contributed by atoms with Gasteiger partial charge in [0.15, 0.2) is 7.14 Å². The van der Waals surface area contributed by atoms with Gasteiger partial charge in [0.05, 0.1) is 19.5 Å². The summed E-state index contributed by atoms with van der Waals surface area (Å²) in [4.78, 5) is 0. The van der Waals surface area contributed by atoms with E-state index in [1.165, 1.54) is 0 Å². The zero-order valence-corrected chi connectivity index (χ0v) is 15.5. The Kier molecular flexibility index (Phi) is 6.56. The van der Waals surface area contributed by atoms with Crippen LogP contribution in [0.1, 0.15) is 0 Å². The third-order valence-electron chi connectivity index (χ3n) is 3.88. The van der Waals surface area contributed by atoms with Gasteiger partial charge in [-0.2, -0.15) is 30.3 Å². The van der Waals surface area contributed by atoms with Crippen molar-refractivity contribution in [1.82, 2.24) is 0 Å². The molecule has 0 spiro atoms. The van der Waals surface area contributed by atoms with E-state index in [9.17, 15) is 4.57 Å². The number of ether oxygens (including phenoxy) is 2. The van der Waals surface area contributed by atoms with Gasteiger partial charge in [-0.1, -0.05) is 35.6 Å². The Labute approximate surface area is 160 Å². The van der Waals surface area contributed by atoms with E-state index in [1.807, 2.05) is 48.5 Å². The molecule has 3 aromatic carbocycles. The third kappa shape index (κ3) is 3.70. The average molecular weight is 344 g/mol. The van der Waals surface area contributed by atoms with Crippen LogP contribution >= 0.6 is 7.14 Å². The summed E-state index contributed by atoms with van der Waals surface area (Å²) in [5.74, 6) is 1.21. The van der Waals surface area contributed by atoms with Crippen LogP contribution in [0.25, 0.3) is 0 Å².